The molecule has 0 aromatic heterocycles. The maximum Gasteiger partial charge on any atom is 0.327 e. The van der Waals surface area contributed by atoms with Crippen LogP contribution in [-0.4, -0.2) is 222 Å². The Morgan fingerprint density at radius 3 is 0.632 bits per heavy atom. The molecule has 0 radical (unpaired) electrons. The number of aromatic hydroxyl groups is 7. The minimum Gasteiger partial charge on any atom is -0.507 e. The zero-order valence-electron chi connectivity index (χ0n) is 68.8. The van der Waals surface area contributed by atoms with Crippen LogP contribution in [0.5, 0.6) is 40.2 Å². The molecule has 2 saturated heterocycles. The van der Waals surface area contributed by atoms with Gasteiger partial charge < -0.3 is 117 Å². The number of hydrogen-bond donors (Lipinski definition) is 10. The minimum atomic E-state index is -0.879. The number of methoxy groups -OCH3 is 14. The molecule has 30 heteroatoms. The van der Waals surface area contributed by atoms with Gasteiger partial charge >= 0.3 is 12.1 Å². The molecule has 0 aliphatic carbocycles. The highest BCUT2D eigenvalue weighted by molar-refractivity contribution is 5.85. The largest absolute Gasteiger partial charge is 0.507 e. The van der Waals surface area contributed by atoms with Gasteiger partial charge in [0.2, 0.25) is 0 Å². The van der Waals surface area contributed by atoms with Crippen molar-refractivity contribution in [3.05, 3.63) is 191 Å². The van der Waals surface area contributed by atoms with E-state index in [0.29, 0.717) is 78.7 Å². The van der Waals surface area contributed by atoms with E-state index >= 15 is 0 Å². The van der Waals surface area contributed by atoms with Crippen LogP contribution in [0.1, 0.15) is 133 Å². The van der Waals surface area contributed by atoms with Gasteiger partial charge in [0.1, 0.15) is 67.2 Å². The number of carbonyl (C=O) groups is 2. The summed E-state index contributed by atoms with van der Waals surface area (Å²) in [5, 5.41) is 103. The molecule has 7 aromatic carbocycles. The van der Waals surface area contributed by atoms with Gasteiger partial charge in [-0.05, 0) is 137 Å². The maximum atomic E-state index is 12.6. The third-order valence-electron chi connectivity index (χ3n) is 19.9. The molecule has 2 fully saturated rings. The summed E-state index contributed by atoms with van der Waals surface area (Å²) in [6.07, 6.45) is -0.419. The first kappa shape index (κ1) is 93.9. The SMILES string of the molecule is CCc1cc(C(C)(C)c2cc(CO)c(O)c(CO)c2)cc(CO)c1O.COCN1C(=O)N(COC)C2C1N(COC)C(=O)N2COC.COCc1cc(-c2cc(COC)c(O)c(COC)c2)cc(COC)c1O.COCc1cc(C(C)(c2cc(COC)c(O)c(COC)c2)c2cc(COC)c(O)c(COC)c2)cc(COC)c1O. The third-order valence-corrected chi connectivity index (χ3v) is 19.9. The molecule has 10 N–H and O–H groups in total. The predicted octanol–water partition coefficient (Wildman–Crippen LogP) is 10.4. The number of rotatable bonds is 38. The number of hydrogen-bond acceptors (Lipinski definition) is 26. The highest BCUT2D eigenvalue weighted by Crippen LogP contribution is 2.47. The number of phenols is 7. The second kappa shape index (κ2) is 44.8. The third kappa shape index (κ3) is 21.5. The number of aliphatic hydroxyl groups excluding tert-OH is 3. The second-order valence-electron chi connectivity index (χ2n) is 27.9. The van der Waals surface area contributed by atoms with Gasteiger partial charge in [-0.1, -0.05) is 26.8 Å². The number of aliphatic hydroxyl groups is 3. The maximum absolute atomic E-state index is 12.6. The summed E-state index contributed by atoms with van der Waals surface area (Å²) in [4.78, 5) is 31.0. The van der Waals surface area contributed by atoms with Gasteiger partial charge in [0.25, 0.3) is 0 Å². The van der Waals surface area contributed by atoms with Gasteiger partial charge in [0.05, 0.1) is 85.9 Å². The van der Waals surface area contributed by atoms with E-state index in [2.05, 4.69) is 6.92 Å². The zero-order valence-corrected chi connectivity index (χ0v) is 68.8. The zero-order chi connectivity index (χ0) is 84.3. The Kier molecular flexibility index (Phi) is 36.9. The number of benzene rings is 7. The van der Waals surface area contributed by atoms with Crippen LogP contribution in [0.2, 0.25) is 0 Å². The van der Waals surface area contributed by atoms with Crippen molar-refractivity contribution < 1.29 is 127 Å². The van der Waals surface area contributed by atoms with E-state index in [1.165, 1.54) is 48.0 Å². The van der Waals surface area contributed by atoms with E-state index < -0.39 is 23.2 Å². The molecule has 2 aliphatic heterocycles. The van der Waals surface area contributed by atoms with Crippen molar-refractivity contribution in [1.82, 2.24) is 19.6 Å². The molecule has 2 heterocycles. The summed E-state index contributed by atoms with van der Waals surface area (Å²) in [5.74, 6) is 0.684. The number of urea groups is 2. The van der Waals surface area contributed by atoms with Crippen LogP contribution in [0.3, 0.4) is 0 Å². The predicted molar refractivity (Wildman–Crippen MR) is 421 cm³/mol. The van der Waals surface area contributed by atoms with Crippen LogP contribution in [0.15, 0.2) is 84.9 Å². The lowest BCUT2D eigenvalue weighted by molar-refractivity contribution is -0.0135. The number of carbonyl (C=O) groups excluding carboxylic acids is 2. The van der Waals surface area contributed by atoms with Crippen LogP contribution in [-0.2, 0) is 169 Å². The summed E-state index contributed by atoms with van der Waals surface area (Å²) < 4.78 is 73.7. The number of aryl methyl sites for hydroxylation is 1. The Bertz CT molecular complexity index is 3750. The summed E-state index contributed by atoms with van der Waals surface area (Å²) in [7, 11) is 21.7. The number of amides is 4. The monoisotopic (exact) mass is 1600 g/mol. The van der Waals surface area contributed by atoms with Crippen LogP contribution in [0.25, 0.3) is 11.1 Å². The average Bonchev–Trinajstić information content (AvgIpc) is 1.49. The Morgan fingerprint density at radius 1 is 0.272 bits per heavy atom. The normalized spacial score (nSPS) is 14.1. The lowest BCUT2D eigenvalue weighted by atomic mass is 9.69. The van der Waals surface area contributed by atoms with Crippen molar-refractivity contribution in [3.63, 3.8) is 0 Å². The van der Waals surface area contributed by atoms with Crippen molar-refractivity contribution >= 4 is 12.1 Å². The highest BCUT2D eigenvalue weighted by Gasteiger charge is 2.59. The minimum absolute atomic E-state index is 0.0640. The van der Waals surface area contributed by atoms with Crippen LogP contribution < -0.4 is 0 Å². The lowest BCUT2D eigenvalue weighted by Crippen LogP contribution is -2.48. The number of phenolic OH excluding ortho intramolecular Hbond substituents is 5. The van der Waals surface area contributed by atoms with E-state index in [-0.39, 0.29) is 165 Å². The smallest absolute Gasteiger partial charge is 0.327 e. The standard InChI is InChI=1S/C32H42O9.C20H26O6.C20H26O5.C12H22N4O6/c1-32(26-8-20(14-36-2)29(33)21(9-26)15-37-3,27-10-22(16-38-4)30(34)23(11-27)17-39-5)28-12-24(18-40-6)31(35)25(13-28)19-41-7;1-23-9-15-5-13(6-16(10-24-2)19(15)21)14-7-17(11-25-3)20(22)18(8-14)12-26-4;1-4-12-5-16(6-13(9-21)18(12)24)20(2,3)17-7-14(10-22)19(25)15(8-17)11-23;1-19-5-13-9-10(15(7-21-3)11(13)17)16(8-22-4)12(18)14(9)6-20-2/h8-13,33-35H,14-19H2,1-7H3;5-8,21-22H,9-12H2,1-4H3;5-8,21-25H,4,9-11H2,1-3H3;9-10H,5-8H2,1-4H3. The molecular weight excluding hydrogens is 1480 g/mol. The Morgan fingerprint density at radius 2 is 0.447 bits per heavy atom. The molecule has 0 bridgehead atoms. The Labute approximate surface area is 667 Å². The van der Waals surface area contributed by atoms with Gasteiger partial charge in [0.15, 0.2) is 12.3 Å². The fraction of sp³-hybridized carbons (Fsp3) is 0.476. The van der Waals surface area contributed by atoms with Crippen molar-refractivity contribution in [1.29, 1.82) is 0 Å². The molecule has 7 aromatic rings. The van der Waals surface area contributed by atoms with E-state index in [9.17, 15) is 60.7 Å². The topological polar surface area (TPSA) is 379 Å². The number of ether oxygens (including phenoxy) is 14. The van der Waals surface area contributed by atoms with Gasteiger partial charge in [-0.3, -0.25) is 19.6 Å². The summed E-state index contributed by atoms with van der Waals surface area (Å²) >= 11 is 0. The van der Waals surface area contributed by atoms with Gasteiger partial charge in [-0.2, -0.15) is 0 Å². The van der Waals surface area contributed by atoms with Crippen LogP contribution >= 0.6 is 0 Å². The van der Waals surface area contributed by atoms with E-state index in [1.807, 2.05) is 87.5 Å². The van der Waals surface area contributed by atoms with Gasteiger partial charge in [0, 0.05) is 183 Å². The first-order valence-electron chi connectivity index (χ1n) is 36.4. The molecule has 114 heavy (non-hydrogen) atoms. The molecule has 4 amide bonds. The van der Waals surface area contributed by atoms with E-state index in [0.717, 1.165) is 44.5 Å². The number of fused-ring (bicyclic) bond motifs is 1. The van der Waals surface area contributed by atoms with E-state index in [4.69, 9.17) is 66.3 Å². The van der Waals surface area contributed by atoms with Crippen molar-refractivity contribution in [3.8, 4) is 51.4 Å². The molecular formula is C84H116N4O26. The summed E-state index contributed by atoms with van der Waals surface area (Å²) in [5.41, 5.74) is 12.8. The summed E-state index contributed by atoms with van der Waals surface area (Å²) in [6.45, 7) is 9.53. The lowest BCUT2D eigenvalue weighted by Gasteiger charge is -2.35. The van der Waals surface area contributed by atoms with Crippen LogP contribution in [0, 0.1) is 0 Å². The average molecular weight is 1600 g/mol. The van der Waals surface area contributed by atoms with Gasteiger partial charge in [-0.15, -0.1) is 0 Å². The van der Waals surface area contributed by atoms with Gasteiger partial charge in [-0.25, -0.2) is 9.59 Å². The van der Waals surface area contributed by atoms with Crippen LogP contribution in [0.4, 0.5) is 9.59 Å². The molecule has 30 nitrogen and oxygen atoms in total. The fourth-order valence-corrected chi connectivity index (χ4v) is 14.0. The molecule has 0 atom stereocenters. The Hall–Kier alpha value is -9.00. The van der Waals surface area contributed by atoms with Crippen molar-refractivity contribution in [2.75, 3.05) is 126 Å². The highest BCUT2D eigenvalue weighted by atomic mass is 16.5. The molecule has 2 aliphatic rings. The van der Waals surface area contributed by atoms with E-state index in [1.54, 1.807) is 89.3 Å². The fourth-order valence-electron chi connectivity index (χ4n) is 14.0. The van der Waals surface area contributed by atoms with Crippen molar-refractivity contribution in [2.45, 2.75) is 143 Å². The Balaban J connectivity index is 0.000000244. The van der Waals surface area contributed by atoms with Crippen molar-refractivity contribution in [2.24, 2.45) is 0 Å². The molecule has 9 rings (SSSR count). The second-order valence-corrected chi connectivity index (χ2v) is 27.9. The molecule has 0 unspecified atom stereocenters. The quantitative estimate of drug-likeness (QED) is 0.0161. The molecule has 0 spiro atoms. The number of nitrogens with zero attached hydrogens (tertiary/aromatic N) is 4. The first-order valence-corrected chi connectivity index (χ1v) is 36.4. The first-order chi connectivity index (χ1) is 54.6. The molecule has 628 valence electrons. The summed E-state index contributed by atoms with van der Waals surface area (Å²) in [6, 6.07) is 25.5. The molecule has 0 saturated carbocycles.